The van der Waals surface area contributed by atoms with E-state index in [0.717, 1.165) is 65.0 Å². The van der Waals surface area contributed by atoms with E-state index in [4.69, 9.17) is 18.9 Å². The molecule has 5 aliphatic rings. The molecule has 0 aromatic rings. The predicted octanol–water partition coefficient (Wildman–Crippen LogP) is 2.20. The molecule has 5 fully saturated rings. The molecule has 0 radical (unpaired) electrons. The lowest BCUT2D eigenvalue weighted by atomic mass is 9.68. The number of epoxide rings is 2. The van der Waals surface area contributed by atoms with E-state index in [1.165, 1.54) is 5.57 Å². The van der Waals surface area contributed by atoms with Crippen LogP contribution in [0.15, 0.2) is 11.6 Å². The fourth-order valence-electron chi connectivity index (χ4n) is 6.27. The molecular formula is C25H40N2O6. The van der Waals surface area contributed by atoms with E-state index < -0.39 is 0 Å². The first-order valence-electron chi connectivity index (χ1n) is 12.6. The standard InChI is InChI=1S/C25H40N2O6/c1-16(2)5-6-20-24(3,33-20)22-21(30-4)19(7-9-25(22)15-31-25)32-23(29)27-11-17(12-27)8-10-26-13-18(28)14-26/h5,17-22,28H,6-15H2,1-4H3/t19-,20-,21-,22-,24+,25+/m1/s1. The maximum Gasteiger partial charge on any atom is 0.410 e. The minimum Gasteiger partial charge on any atom is -0.443 e. The molecule has 1 saturated carbocycles. The number of aliphatic hydroxyl groups is 1. The second-order valence-electron chi connectivity index (χ2n) is 11.3. The van der Waals surface area contributed by atoms with E-state index in [0.29, 0.717) is 5.92 Å². The quantitative estimate of drug-likeness (QED) is 0.435. The van der Waals surface area contributed by atoms with Crippen LogP contribution in [-0.2, 0) is 18.9 Å². The number of amides is 1. The third-order valence-electron chi connectivity index (χ3n) is 8.50. The molecule has 0 aromatic carbocycles. The van der Waals surface area contributed by atoms with Gasteiger partial charge in [-0.15, -0.1) is 0 Å². The van der Waals surface area contributed by atoms with Crippen LogP contribution in [-0.4, -0.2) is 103 Å². The van der Waals surface area contributed by atoms with Crippen molar-refractivity contribution in [3.8, 4) is 0 Å². The van der Waals surface area contributed by atoms with Crippen molar-refractivity contribution in [2.24, 2.45) is 11.8 Å². The maximum absolute atomic E-state index is 12.9. The summed E-state index contributed by atoms with van der Waals surface area (Å²) in [5.74, 6) is 0.568. The number of methoxy groups -OCH3 is 1. The molecule has 186 valence electrons. The Bertz CT molecular complexity index is 769. The minimum absolute atomic E-state index is 0.0492. The summed E-state index contributed by atoms with van der Waals surface area (Å²) in [5.41, 5.74) is 0.768. The number of likely N-dealkylation sites (tertiary alicyclic amines) is 2. The van der Waals surface area contributed by atoms with Gasteiger partial charge in [0.05, 0.1) is 24.7 Å². The van der Waals surface area contributed by atoms with Crippen molar-refractivity contribution in [3.05, 3.63) is 11.6 Å². The van der Waals surface area contributed by atoms with Crippen LogP contribution in [0.1, 0.15) is 46.5 Å². The molecule has 1 N–H and O–H groups in total. The van der Waals surface area contributed by atoms with Crippen molar-refractivity contribution < 1.29 is 28.8 Å². The lowest BCUT2D eigenvalue weighted by molar-refractivity contribution is -0.124. The van der Waals surface area contributed by atoms with Crippen LogP contribution in [0.25, 0.3) is 0 Å². The zero-order chi connectivity index (χ0) is 23.4. The summed E-state index contributed by atoms with van der Waals surface area (Å²) in [6.45, 7) is 11.2. The average molecular weight is 465 g/mol. The number of aliphatic hydroxyl groups excluding tert-OH is 1. The molecule has 8 heteroatoms. The first-order chi connectivity index (χ1) is 15.7. The van der Waals surface area contributed by atoms with E-state index in [-0.39, 0.29) is 47.6 Å². The van der Waals surface area contributed by atoms with Gasteiger partial charge in [-0.1, -0.05) is 11.6 Å². The molecule has 5 rings (SSSR count). The van der Waals surface area contributed by atoms with Crippen LogP contribution in [0.3, 0.4) is 0 Å². The van der Waals surface area contributed by atoms with Gasteiger partial charge in [-0.2, -0.15) is 0 Å². The monoisotopic (exact) mass is 464 g/mol. The van der Waals surface area contributed by atoms with Crippen molar-refractivity contribution in [1.29, 1.82) is 0 Å². The molecule has 0 unspecified atom stereocenters. The molecule has 4 saturated heterocycles. The molecule has 4 aliphatic heterocycles. The summed E-state index contributed by atoms with van der Waals surface area (Å²) in [6.07, 6.45) is 5.04. The third-order valence-corrected chi connectivity index (χ3v) is 8.50. The number of ether oxygens (including phenoxy) is 4. The van der Waals surface area contributed by atoms with Crippen LogP contribution in [0, 0.1) is 11.8 Å². The van der Waals surface area contributed by atoms with E-state index in [1.807, 2.05) is 4.90 Å². The average Bonchev–Trinajstić information content (AvgIpc) is 3.62. The summed E-state index contributed by atoms with van der Waals surface area (Å²) in [4.78, 5) is 16.9. The molecule has 1 amide bonds. The molecule has 4 heterocycles. The SMILES string of the molecule is CO[C@@H]1[C@H](OC(=O)N2CC(CCN3CC(O)C3)C2)CC[C@]2(CO2)[C@H]1[C@@]1(C)O[C@@H]1CC=C(C)C. The van der Waals surface area contributed by atoms with Gasteiger partial charge in [0.1, 0.15) is 23.4 Å². The Balaban J connectivity index is 1.15. The number of hydrogen-bond acceptors (Lipinski definition) is 7. The molecule has 1 aliphatic carbocycles. The molecule has 1 spiro atoms. The van der Waals surface area contributed by atoms with E-state index >= 15 is 0 Å². The van der Waals surface area contributed by atoms with Gasteiger partial charge in [-0.3, -0.25) is 4.90 Å². The van der Waals surface area contributed by atoms with Crippen molar-refractivity contribution in [3.63, 3.8) is 0 Å². The van der Waals surface area contributed by atoms with E-state index in [2.05, 4.69) is 31.7 Å². The third kappa shape index (κ3) is 4.57. The maximum atomic E-state index is 12.9. The highest BCUT2D eigenvalue weighted by Gasteiger charge is 2.72. The van der Waals surface area contributed by atoms with Crippen molar-refractivity contribution in [1.82, 2.24) is 9.80 Å². The van der Waals surface area contributed by atoms with Gasteiger partial charge in [0.15, 0.2) is 0 Å². The van der Waals surface area contributed by atoms with Gasteiger partial charge in [0, 0.05) is 33.3 Å². The Morgan fingerprint density at radius 1 is 1.24 bits per heavy atom. The number of carbonyl (C=O) groups excluding carboxylic acids is 1. The van der Waals surface area contributed by atoms with Crippen LogP contribution in [0.2, 0.25) is 0 Å². The Labute approximate surface area is 197 Å². The zero-order valence-electron chi connectivity index (χ0n) is 20.5. The number of carbonyl (C=O) groups is 1. The summed E-state index contributed by atoms with van der Waals surface area (Å²) >= 11 is 0. The number of allylic oxidation sites excluding steroid dienone is 1. The van der Waals surface area contributed by atoms with Crippen LogP contribution in [0.5, 0.6) is 0 Å². The van der Waals surface area contributed by atoms with Gasteiger partial charge in [-0.25, -0.2) is 4.79 Å². The second kappa shape index (κ2) is 8.79. The summed E-state index contributed by atoms with van der Waals surface area (Å²) < 4.78 is 24.2. The Morgan fingerprint density at radius 2 is 1.97 bits per heavy atom. The second-order valence-corrected chi connectivity index (χ2v) is 11.3. The topological polar surface area (TPSA) is 87.3 Å². The van der Waals surface area contributed by atoms with E-state index in [9.17, 15) is 9.90 Å². The number of hydrogen-bond donors (Lipinski definition) is 1. The minimum atomic E-state index is -0.319. The highest BCUT2D eigenvalue weighted by molar-refractivity contribution is 5.69. The summed E-state index contributed by atoms with van der Waals surface area (Å²) in [5, 5.41) is 9.40. The lowest BCUT2D eigenvalue weighted by Gasteiger charge is -2.45. The van der Waals surface area contributed by atoms with Gasteiger partial charge < -0.3 is 29.0 Å². The van der Waals surface area contributed by atoms with Crippen LogP contribution in [0.4, 0.5) is 4.79 Å². The van der Waals surface area contributed by atoms with Gasteiger partial charge >= 0.3 is 6.09 Å². The van der Waals surface area contributed by atoms with Crippen molar-refractivity contribution in [2.45, 2.75) is 82.1 Å². The Hall–Kier alpha value is -1.19. The molecule has 0 aromatic heterocycles. The number of β-amino-alcohol motifs (C(OH)–C–C–N with tert-alkyl or cyclic N) is 1. The first kappa shape index (κ1) is 23.5. The van der Waals surface area contributed by atoms with Crippen LogP contribution >= 0.6 is 0 Å². The molecule has 0 bridgehead atoms. The smallest absolute Gasteiger partial charge is 0.410 e. The van der Waals surface area contributed by atoms with Crippen molar-refractivity contribution >= 4 is 6.09 Å². The largest absolute Gasteiger partial charge is 0.443 e. The molecule has 6 atom stereocenters. The fraction of sp³-hybridized carbons (Fsp3) is 0.880. The summed E-state index contributed by atoms with van der Waals surface area (Å²) in [6, 6.07) is 0. The normalized spacial score (nSPS) is 40.8. The molecule has 33 heavy (non-hydrogen) atoms. The van der Waals surface area contributed by atoms with E-state index in [1.54, 1.807) is 7.11 Å². The highest BCUT2D eigenvalue weighted by Crippen LogP contribution is 2.59. The first-order valence-corrected chi connectivity index (χ1v) is 12.6. The lowest BCUT2D eigenvalue weighted by Crippen LogP contribution is -2.58. The van der Waals surface area contributed by atoms with Gasteiger partial charge in [0.2, 0.25) is 0 Å². The van der Waals surface area contributed by atoms with Crippen LogP contribution < -0.4 is 0 Å². The predicted molar refractivity (Wildman–Crippen MR) is 122 cm³/mol. The number of nitrogens with zero attached hydrogens (tertiary/aromatic N) is 2. The van der Waals surface area contributed by atoms with Gasteiger partial charge in [0.25, 0.3) is 0 Å². The molecule has 8 nitrogen and oxygen atoms in total. The highest BCUT2D eigenvalue weighted by atomic mass is 16.6. The zero-order valence-corrected chi connectivity index (χ0v) is 20.5. The summed E-state index contributed by atoms with van der Waals surface area (Å²) in [7, 11) is 1.71. The van der Waals surface area contributed by atoms with Gasteiger partial charge in [-0.05, 0) is 58.9 Å². The Morgan fingerprint density at radius 3 is 2.58 bits per heavy atom. The number of rotatable bonds is 8. The van der Waals surface area contributed by atoms with Crippen molar-refractivity contribution in [2.75, 3.05) is 46.4 Å². The molecular weight excluding hydrogens is 424 g/mol. The Kier molecular flexibility index (Phi) is 6.27. The fourth-order valence-corrected chi connectivity index (χ4v) is 6.27.